The molecule has 0 aliphatic rings. The maximum atomic E-state index is 10.3. The van der Waals surface area contributed by atoms with Crippen molar-refractivity contribution in [1.29, 1.82) is 0 Å². The molecule has 1 amide bonds. The lowest BCUT2D eigenvalue weighted by atomic mass is 10.3. The average molecular weight is 305 g/mol. The van der Waals surface area contributed by atoms with Gasteiger partial charge < -0.3 is 10.1 Å². The van der Waals surface area contributed by atoms with Crippen LogP contribution < -0.4 is 10.1 Å². The van der Waals surface area contributed by atoms with Gasteiger partial charge in [-0.3, -0.25) is 4.79 Å². The molecule has 0 heterocycles. The Bertz CT molecular complexity index is 302. The van der Waals surface area contributed by atoms with Crippen LogP contribution in [0.2, 0.25) is 0 Å². The summed E-state index contributed by atoms with van der Waals surface area (Å²) >= 11 is 2.29. The van der Waals surface area contributed by atoms with Crippen molar-refractivity contribution in [2.75, 3.05) is 11.9 Å². The molecule has 0 aliphatic carbocycles. The first-order chi connectivity index (χ1) is 6.74. The fourth-order valence-electron chi connectivity index (χ4n) is 0.980. The van der Waals surface area contributed by atoms with Gasteiger partial charge in [0.15, 0.2) is 0 Å². The topological polar surface area (TPSA) is 38.3 Å². The van der Waals surface area contributed by atoms with Crippen LogP contribution in [0.5, 0.6) is 5.75 Å². The van der Waals surface area contributed by atoms with Gasteiger partial charge >= 0.3 is 0 Å². The van der Waals surface area contributed by atoms with Crippen LogP contribution in [-0.4, -0.2) is 16.9 Å². The Morgan fingerprint density at radius 3 is 2.93 bits per heavy atom. The maximum Gasteiger partial charge on any atom is 0.211 e. The van der Waals surface area contributed by atoms with E-state index in [0.717, 1.165) is 0 Å². The van der Waals surface area contributed by atoms with Crippen LogP contribution in [0.4, 0.5) is 5.69 Å². The standard InChI is InChI=1S/C10H12INO2/c1-8(11)6-14-10-5-3-2-4-9(10)12-7-13/h2-5,7-8H,6H2,1H3,(H,12,13). The summed E-state index contributed by atoms with van der Waals surface area (Å²) in [5, 5.41) is 2.59. The normalized spacial score (nSPS) is 11.9. The molecule has 1 aromatic rings. The Labute approximate surface area is 97.0 Å². The predicted octanol–water partition coefficient (Wildman–Crippen LogP) is 2.46. The van der Waals surface area contributed by atoms with Crippen molar-refractivity contribution in [2.45, 2.75) is 10.8 Å². The van der Waals surface area contributed by atoms with E-state index >= 15 is 0 Å². The number of benzene rings is 1. The highest BCUT2D eigenvalue weighted by Gasteiger charge is 2.02. The van der Waals surface area contributed by atoms with Crippen LogP contribution in [0, 0.1) is 0 Å². The number of hydrogen-bond donors (Lipinski definition) is 1. The molecule has 76 valence electrons. The molecule has 3 nitrogen and oxygen atoms in total. The fourth-order valence-corrected chi connectivity index (χ4v) is 1.16. The first-order valence-electron chi connectivity index (χ1n) is 4.30. The minimum Gasteiger partial charge on any atom is -0.490 e. The van der Waals surface area contributed by atoms with Crippen molar-refractivity contribution in [1.82, 2.24) is 0 Å². The molecule has 1 unspecified atom stereocenters. The van der Waals surface area contributed by atoms with Gasteiger partial charge in [-0.1, -0.05) is 41.6 Å². The Kier molecular flexibility index (Phi) is 4.72. The van der Waals surface area contributed by atoms with Gasteiger partial charge in [0.25, 0.3) is 0 Å². The molecule has 0 saturated heterocycles. The van der Waals surface area contributed by atoms with Gasteiger partial charge in [0.2, 0.25) is 6.41 Å². The second-order valence-electron chi connectivity index (χ2n) is 2.85. The number of rotatable bonds is 5. The van der Waals surface area contributed by atoms with E-state index in [1.807, 2.05) is 24.3 Å². The summed E-state index contributed by atoms with van der Waals surface area (Å²) in [5.41, 5.74) is 0.708. The smallest absolute Gasteiger partial charge is 0.211 e. The van der Waals surface area contributed by atoms with Crippen LogP contribution in [0.1, 0.15) is 6.92 Å². The minimum atomic E-state index is 0.442. The summed E-state index contributed by atoms with van der Waals surface area (Å²) in [6.45, 7) is 2.70. The molecule has 0 saturated carbocycles. The molecule has 0 aromatic heterocycles. The second-order valence-corrected chi connectivity index (χ2v) is 4.98. The number of para-hydroxylation sites is 2. The first kappa shape index (κ1) is 11.3. The van der Waals surface area contributed by atoms with Crippen molar-refractivity contribution in [2.24, 2.45) is 0 Å². The molecule has 0 aliphatic heterocycles. The maximum absolute atomic E-state index is 10.3. The lowest BCUT2D eigenvalue weighted by Gasteiger charge is -2.11. The number of halogens is 1. The van der Waals surface area contributed by atoms with Crippen molar-refractivity contribution in [3.05, 3.63) is 24.3 Å². The van der Waals surface area contributed by atoms with Crippen LogP contribution in [0.3, 0.4) is 0 Å². The molecule has 0 fully saturated rings. The third kappa shape index (κ3) is 3.53. The van der Waals surface area contributed by atoms with Crippen LogP contribution in [0.25, 0.3) is 0 Å². The van der Waals surface area contributed by atoms with Crippen LogP contribution in [-0.2, 0) is 4.79 Å². The van der Waals surface area contributed by atoms with E-state index in [1.165, 1.54) is 0 Å². The van der Waals surface area contributed by atoms with E-state index < -0.39 is 0 Å². The van der Waals surface area contributed by atoms with Gasteiger partial charge in [-0.25, -0.2) is 0 Å². The summed E-state index contributed by atoms with van der Waals surface area (Å²) in [4.78, 5) is 10.3. The zero-order chi connectivity index (χ0) is 10.4. The quantitative estimate of drug-likeness (QED) is 0.515. The molecule has 1 N–H and O–H groups in total. The lowest BCUT2D eigenvalue weighted by Crippen LogP contribution is -2.08. The number of amides is 1. The molecule has 4 heteroatoms. The first-order valence-corrected chi connectivity index (χ1v) is 5.54. The molecule has 1 aromatic carbocycles. The molecular weight excluding hydrogens is 293 g/mol. The number of alkyl halides is 1. The zero-order valence-corrected chi connectivity index (χ0v) is 10.0. The zero-order valence-electron chi connectivity index (χ0n) is 7.87. The summed E-state index contributed by atoms with van der Waals surface area (Å²) in [5.74, 6) is 0.711. The number of ether oxygens (including phenoxy) is 1. The Morgan fingerprint density at radius 1 is 1.57 bits per heavy atom. The number of nitrogens with one attached hydrogen (secondary N) is 1. The second kappa shape index (κ2) is 5.85. The van der Waals surface area contributed by atoms with E-state index in [1.54, 1.807) is 0 Å². The van der Waals surface area contributed by atoms with Crippen molar-refractivity contribution in [3.8, 4) is 5.75 Å². The molecule has 1 atom stereocenters. The van der Waals surface area contributed by atoms with Crippen LogP contribution >= 0.6 is 22.6 Å². The largest absolute Gasteiger partial charge is 0.490 e. The Balaban J connectivity index is 2.68. The number of hydrogen-bond acceptors (Lipinski definition) is 2. The SMILES string of the molecule is CC(I)COc1ccccc1NC=O. The third-order valence-electron chi connectivity index (χ3n) is 1.57. The average Bonchev–Trinajstić information content (AvgIpc) is 2.17. The molecule has 0 spiro atoms. The summed E-state index contributed by atoms with van der Waals surface area (Å²) < 4.78 is 5.96. The van der Waals surface area contributed by atoms with Gasteiger partial charge in [0.1, 0.15) is 5.75 Å². The summed E-state index contributed by atoms with van der Waals surface area (Å²) in [6.07, 6.45) is 0.648. The van der Waals surface area contributed by atoms with Gasteiger partial charge in [-0.2, -0.15) is 0 Å². The Hall–Kier alpha value is -0.780. The van der Waals surface area contributed by atoms with Gasteiger partial charge in [0.05, 0.1) is 12.3 Å². The van der Waals surface area contributed by atoms with Gasteiger partial charge in [-0.15, -0.1) is 0 Å². The van der Waals surface area contributed by atoms with Crippen molar-refractivity contribution < 1.29 is 9.53 Å². The molecule has 14 heavy (non-hydrogen) atoms. The van der Waals surface area contributed by atoms with Crippen molar-refractivity contribution >= 4 is 34.7 Å². The van der Waals surface area contributed by atoms with E-state index in [2.05, 4.69) is 34.8 Å². The minimum absolute atomic E-state index is 0.442. The van der Waals surface area contributed by atoms with Crippen LogP contribution in [0.15, 0.2) is 24.3 Å². The highest BCUT2D eigenvalue weighted by molar-refractivity contribution is 14.1. The molecular formula is C10H12INO2. The highest BCUT2D eigenvalue weighted by atomic mass is 127. The van der Waals surface area contributed by atoms with E-state index in [0.29, 0.717) is 28.4 Å². The van der Waals surface area contributed by atoms with E-state index in [-0.39, 0.29) is 0 Å². The number of carbonyl (C=O) groups excluding carboxylic acids is 1. The van der Waals surface area contributed by atoms with Gasteiger partial charge in [0, 0.05) is 3.92 Å². The molecule has 0 radical (unpaired) electrons. The van der Waals surface area contributed by atoms with Crippen molar-refractivity contribution in [3.63, 3.8) is 0 Å². The number of carbonyl (C=O) groups is 1. The van der Waals surface area contributed by atoms with E-state index in [4.69, 9.17) is 4.74 Å². The predicted molar refractivity (Wildman–Crippen MR) is 65.1 cm³/mol. The highest BCUT2D eigenvalue weighted by Crippen LogP contribution is 2.23. The Morgan fingerprint density at radius 2 is 2.29 bits per heavy atom. The third-order valence-corrected chi connectivity index (χ3v) is 1.93. The molecule has 0 bridgehead atoms. The summed E-state index contributed by atoms with van der Waals surface area (Å²) in [7, 11) is 0. The van der Waals surface area contributed by atoms with E-state index in [9.17, 15) is 4.79 Å². The van der Waals surface area contributed by atoms with Gasteiger partial charge in [-0.05, 0) is 12.1 Å². The lowest BCUT2D eigenvalue weighted by molar-refractivity contribution is -0.105. The number of anilines is 1. The monoisotopic (exact) mass is 305 g/mol. The summed E-state index contributed by atoms with van der Waals surface area (Å²) in [6, 6.07) is 7.38. The molecule has 1 rings (SSSR count). The fraction of sp³-hybridized carbons (Fsp3) is 0.300.